The summed E-state index contributed by atoms with van der Waals surface area (Å²) in [6, 6.07) is 7.87. The summed E-state index contributed by atoms with van der Waals surface area (Å²) in [6.07, 6.45) is 4.24. The van der Waals surface area contributed by atoms with Crippen molar-refractivity contribution < 1.29 is 5.11 Å². The zero-order valence-electron chi connectivity index (χ0n) is 13.7. The minimum atomic E-state index is 0.303. The second kappa shape index (κ2) is 6.11. The number of rotatable bonds is 3. The summed E-state index contributed by atoms with van der Waals surface area (Å²) >= 11 is 0. The van der Waals surface area contributed by atoms with Gasteiger partial charge in [-0.05, 0) is 42.4 Å². The lowest BCUT2D eigenvalue weighted by Gasteiger charge is -2.23. The van der Waals surface area contributed by atoms with Crippen molar-refractivity contribution in [2.75, 3.05) is 0 Å². The molecule has 0 bridgehead atoms. The molecule has 4 heteroatoms. The van der Waals surface area contributed by atoms with Gasteiger partial charge >= 0.3 is 0 Å². The van der Waals surface area contributed by atoms with Crippen LogP contribution >= 0.6 is 0 Å². The minimum Gasteiger partial charge on any atom is -0.508 e. The third-order valence-electron chi connectivity index (χ3n) is 4.72. The SMILES string of the molecule is CC(C)[C@@H]1CC[C@@H](C)Cc2nnc(Cc3ccc(O)cc3)n21. The highest BCUT2D eigenvalue weighted by atomic mass is 16.3. The van der Waals surface area contributed by atoms with Crippen molar-refractivity contribution in [3.8, 4) is 5.75 Å². The van der Waals surface area contributed by atoms with E-state index in [1.807, 2.05) is 12.1 Å². The number of hydrogen-bond donors (Lipinski definition) is 1. The summed E-state index contributed by atoms with van der Waals surface area (Å²) in [4.78, 5) is 0. The fourth-order valence-corrected chi connectivity index (χ4v) is 3.43. The summed E-state index contributed by atoms with van der Waals surface area (Å²) in [5.74, 6) is 3.75. The average molecular weight is 299 g/mol. The Morgan fingerprint density at radius 3 is 2.59 bits per heavy atom. The maximum Gasteiger partial charge on any atom is 0.137 e. The molecule has 0 fully saturated rings. The van der Waals surface area contributed by atoms with Gasteiger partial charge in [-0.25, -0.2) is 0 Å². The summed E-state index contributed by atoms with van der Waals surface area (Å²) in [6.45, 7) is 6.88. The zero-order chi connectivity index (χ0) is 15.7. The van der Waals surface area contributed by atoms with Gasteiger partial charge in [0.05, 0.1) is 0 Å². The molecule has 0 aliphatic carbocycles. The number of fused-ring (bicyclic) bond motifs is 1. The Hall–Kier alpha value is -1.84. The fourth-order valence-electron chi connectivity index (χ4n) is 3.43. The van der Waals surface area contributed by atoms with E-state index in [2.05, 4.69) is 35.5 Å². The number of phenols is 1. The molecule has 1 aromatic heterocycles. The Morgan fingerprint density at radius 1 is 1.18 bits per heavy atom. The third kappa shape index (κ3) is 3.01. The van der Waals surface area contributed by atoms with Gasteiger partial charge in [0.1, 0.15) is 17.4 Å². The summed E-state index contributed by atoms with van der Waals surface area (Å²) in [7, 11) is 0. The van der Waals surface area contributed by atoms with Crippen LogP contribution in [0.3, 0.4) is 0 Å². The number of aromatic nitrogens is 3. The van der Waals surface area contributed by atoms with E-state index in [1.54, 1.807) is 12.1 Å². The van der Waals surface area contributed by atoms with Crippen molar-refractivity contribution in [1.29, 1.82) is 0 Å². The molecular weight excluding hydrogens is 274 g/mol. The lowest BCUT2D eigenvalue weighted by molar-refractivity contribution is 0.336. The normalized spacial score (nSPS) is 21.6. The molecule has 4 nitrogen and oxygen atoms in total. The molecule has 2 atom stereocenters. The first-order valence-corrected chi connectivity index (χ1v) is 8.25. The molecule has 2 aromatic rings. The van der Waals surface area contributed by atoms with Crippen LogP contribution in [0.4, 0.5) is 0 Å². The molecule has 1 N–H and O–H groups in total. The van der Waals surface area contributed by atoms with E-state index >= 15 is 0 Å². The minimum absolute atomic E-state index is 0.303. The molecule has 0 amide bonds. The Balaban J connectivity index is 1.94. The number of hydrogen-bond acceptors (Lipinski definition) is 3. The Labute approximate surface area is 132 Å². The first-order valence-electron chi connectivity index (χ1n) is 8.25. The lowest BCUT2D eigenvalue weighted by Crippen LogP contribution is -2.18. The van der Waals surface area contributed by atoms with Gasteiger partial charge in [0.2, 0.25) is 0 Å². The highest BCUT2D eigenvalue weighted by Crippen LogP contribution is 2.33. The molecule has 0 radical (unpaired) electrons. The van der Waals surface area contributed by atoms with Crippen molar-refractivity contribution >= 4 is 0 Å². The molecular formula is C18H25N3O. The van der Waals surface area contributed by atoms with Crippen molar-refractivity contribution in [2.45, 2.75) is 52.5 Å². The maximum atomic E-state index is 9.42. The van der Waals surface area contributed by atoms with Gasteiger partial charge in [-0.3, -0.25) is 0 Å². The van der Waals surface area contributed by atoms with Crippen molar-refractivity contribution in [1.82, 2.24) is 14.8 Å². The van der Waals surface area contributed by atoms with Crippen LogP contribution in [-0.4, -0.2) is 19.9 Å². The quantitative estimate of drug-likeness (QED) is 0.939. The number of aromatic hydroxyl groups is 1. The van der Waals surface area contributed by atoms with E-state index in [9.17, 15) is 5.11 Å². The van der Waals surface area contributed by atoms with Crippen molar-refractivity contribution in [3.63, 3.8) is 0 Å². The molecule has 22 heavy (non-hydrogen) atoms. The second-order valence-corrected chi connectivity index (χ2v) is 6.94. The highest BCUT2D eigenvalue weighted by molar-refractivity contribution is 5.28. The molecule has 118 valence electrons. The smallest absolute Gasteiger partial charge is 0.137 e. The van der Waals surface area contributed by atoms with Crippen LogP contribution in [-0.2, 0) is 12.8 Å². The predicted molar refractivity (Wildman–Crippen MR) is 86.9 cm³/mol. The van der Waals surface area contributed by atoms with E-state index in [0.717, 1.165) is 30.1 Å². The lowest BCUT2D eigenvalue weighted by atomic mass is 9.95. The third-order valence-corrected chi connectivity index (χ3v) is 4.72. The monoisotopic (exact) mass is 299 g/mol. The predicted octanol–water partition coefficient (Wildman–Crippen LogP) is 3.74. The van der Waals surface area contributed by atoms with Gasteiger partial charge in [-0.15, -0.1) is 10.2 Å². The summed E-state index contributed by atoms with van der Waals surface area (Å²) in [5.41, 5.74) is 1.16. The Kier molecular flexibility index (Phi) is 4.19. The molecule has 3 rings (SSSR count). The molecule has 0 unspecified atom stereocenters. The summed E-state index contributed by atoms with van der Waals surface area (Å²) < 4.78 is 2.39. The van der Waals surface area contributed by atoms with Crippen LogP contribution in [0.1, 0.15) is 56.9 Å². The van der Waals surface area contributed by atoms with Gasteiger partial charge in [-0.1, -0.05) is 32.9 Å². The largest absolute Gasteiger partial charge is 0.508 e. The maximum absolute atomic E-state index is 9.42. The van der Waals surface area contributed by atoms with Crippen LogP contribution in [0.15, 0.2) is 24.3 Å². The highest BCUT2D eigenvalue weighted by Gasteiger charge is 2.27. The zero-order valence-corrected chi connectivity index (χ0v) is 13.7. The topological polar surface area (TPSA) is 50.9 Å². The van der Waals surface area contributed by atoms with Gasteiger partial charge in [-0.2, -0.15) is 0 Å². The van der Waals surface area contributed by atoms with Crippen LogP contribution in [0, 0.1) is 11.8 Å². The van der Waals surface area contributed by atoms with E-state index in [4.69, 9.17) is 0 Å². The van der Waals surface area contributed by atoms with Crippen LogP contribution in [0.5, 0.6) is 5.75 Å². The van der Waals surface area contributed by atoms with Gasteiger partial charge in [0.25, 0.3) is 0 Å². The molecule has 1 aliphatic rings. The number of phenolic OH excluding ortho intramolecular Hbond substituents is 1. The van der Waals surface area contributed by atoms with Crippen LogP contribution in [0.25, 0.3) is 0 Å². The summed E-state index contributed by atoms with van der Waals surface area (Å²) in [5, 5.41) is 18.4. The molecule has 0 saturated carbocycles. The van der Waals surface area contributed by atoms with Gasteiger partial charge in [0, 0.05) is 18.9 Å². The van der Waals surface area contributed by atoms with E-state index < -0.39 is 0 Å². The first-order chi connectivity index (χ1) is 10.5. The number of benzene rings is 1. The molecule has 1 aromatic carbocycles. The Bertz CT molecular complexity index is 630. The standard InChI is InChI=1S/C18H25N3O/c1-12(2)16-9-4-13(3)10-17-19-20-18(21(16)17)11-14-5-7-15(22)8-6-14/h5-8,12-13,16,22H,4,9-11H2,1-3H3/t13-,16+/m1/s1. The average Bonchev–Trinajstić information content (AvgIpc) is 2.75. The second-order valence-electron chi connectivity index (χ2n) is 6.94. The van der Waals surface area contributed by atoms with Crippen LogP contribution < -0.4 is 0 Å². The van der Waals surface area contributed by atoms with Gasteiger partial charge < -0.3 is 9.67 Å². The van der Waals surface area contributed by atoms with E-state index in [-0.39, 0.29) is 0 Å². The molecule has 0 spiro atoms. The fraction of sp³-hybridized carbons (Fsp3) is 0.556. The van der Waals surface area contributed by atoms with Crippen molar-refractivity contribution in [3.05, 3.63) is 41.5 Å². The van der Waals surface area contributed by atoms with Gasteiger partial charge in [0.15, 0.2) is 0 Å². The van der Waals surface area contributed by atoms with E-state index in [1.165, 1.54) is 12.8 Å². The first kappa shape index (κ1) is 15.1. The molecule has 0 saturated heterocycles. The van der Waals surface area contributed by atoms with Crippen molar-refractivity contribution in [2.24, 2.45) is 11.8 Å². The van der Waals surface area contributed by atoms with E-state index in [0.29, 0.717) is 23.6 Å². The molecule has 2 heterocycles. The number of nitrogens with zero attached hydrogens (tertiary/aromatic N) is 3. The molecule has 1 aliphatic heterocycles. The van der Waals surface area contributed by atoms with Crippen LogP contribution in [0.2, 0.25) is 0 Å². The Morgan fingerprint density at radius 2 is 1.91 bits per heavy atom.